The van der Waals surface area contributed by atoms with Crippen molar-refractivity contribution in [2.45, 2.75) is 18.6 Å². The average Bonchev–Trinajstić information content (AvgIpc) is 3.28. The monoisotopic (exact) mass is 347 g/mol. The molecule has 3 rings (SSSR count). The second kappa shape index (κ2) is 6.83. The maximum absolute atomic E-state index is 12.2. The summed E-state index contributed by atoms with van der Waals surface area (Å²) in [6, 6.07) is 5.39. The van der Waals surface area contributed by atoms with Crippen molar-refractivity contribution in [1.82, 2.24) is 19.8 Å². The number of aromatic nitrogens is 3. The summed E-state index contributed by atoms with van der Waals surface area (Å²) in [4.78, 5) is 13.8. The van der Waals surface area contributed by atoms with Crippen LogP contribution in [0.4, 0.5) is 0 Å². The number of furan rings is 2. The van der Waals surface area contributed by atoms with E-state index in [1.165, 1.54) is 16.4 Å². The van der Waals surface area contributed by atoms with Crippen molar-refractivity contribution in [2.24, 2.45) is 0 Å². The topological polar surface area (TPSA) is 103 Å². The number of rotatable bonds is 6. The van der Waals surface area contributed by atoms with Crippen LogP contribution in [0.3, 0.4) is 0 Å². The fourth-order valence-electron chi connectivity index (χ4n) is 2.14. The van der Waals surface area contributed by atoms with Gasteiger partial charge in [-0.3, -0.25) is 4.79 Å². The predicted molar refractivity (Wildman–Crippen MR) is 88.5 cm³/mol. The minimum absolute atomic E-state index is 0.0551. The number of carbonyl (C=O) groups excluding carboxylic acids is 1. The molecule has 3 aromatic heterocycles. The number of carbonyl (C=O) groups is 1. The number of amides is 1. The Kier molecular flexibility index (Phi) is 4.61. The summed E-state index contributed by atoms with van der Waals surface area (Å²) in [6.45, 7) is 2.24. The van der Waals surface area contributed by atoms with Crippen molar-refractivity contribution in [1.29, 1.82) is 0 Å². The first-order chi connectivity index (χ1) is 11.6. The van der Waals surface area contributed by atoms with Gasteiger partial charge >= 0.3 is 0 Å². The van der Waals surface area contributed by atoms with E-state index in [-0.39, 0.29) is 11.7 Å². The first-order valence-corrected chi connectivity index (χ1v) is 8.19. The van der Waals surface area contributed by atoms with Gasteiger partial charge in [0, 0.05) is 7.05 Å². The summed E-state index contributed by atoms with van der Waals surface area (Å²) < 4.78 is 11.8. The molecule has 0 atom stereocenters. The summed E-state index contributed by atoms with van der Waals surface area (Å²) in [6.07, 6.45) is 3.15. The standard InChI is InChI=1S/C15H17N5O3S/c1-10-12(5-7-22-10)14-17-18-15(20(14)16)24-9-13(21)19(2)8-11-4-3-6-23-11/h3-7H,8-9,16H2,1-2H3. The SMILES string of the molecule is Cc1occc1-c1nnc(SCC(=O)N(C)Cc2ccco2)n1N. The predicted octanol–water partition coefficient (Wildman–Crippen LogP) is 1.90. The molecule has 2 N–H and O–H groups in total. The van der Waals surface area contributed by atoms with Gasteiger partial charge in [-0.05, 0) is 25.1 Å². The van der Waals surface area contributed by atoms with Gasteiger partial charge in [0.05, 0.1) is 30.4 Å². The van der Waals surface area contributed by atoms with Crippen molar-refractivity contribution >= 4 is 17.7 Å². The lowest BCUT2D eigenvalue weighted by molar-refractivity contribution is -0.127. The molecule has 9 heteroatoms. The Labute approximate surface area is 142 Å². The Bertz CT molecular complexity index is 824. The second-order valence-electron chi connectivity index (χ2n) is 5.18. The molecular weight excluding hydrogens is 330 g/mol. The van der Waals surface area contributed by atoms with Gasteiger partial charge in [-0.1, -0.05) is 11.8 Å². The van der Waals surface area contributed by atoms with Crippen LogP contribution in [0, 0.1) is 6.92 Å². The molecule has 3 aromatic rings. The molecule has 24 heavy (non-hydrogen) atoms. The first-order valence-electron chi connectivity index (χ1n) is 7.20. The van der Waals surface area contributed by atoms with Crippen molar-refractivity contribution in [2.75, 3.05) is 18.6 Å². The maximum Gasteiger partial charge on any atom is 0.233 e. The van der Waals surface area contributed by atoms with Crippen molar-refractivity contribution < 1.29 is 13.6 Å². The summed E-state index contributed by atoms with van der Waals surface area (Å²) in [7, 11) is 1.72. The van der Waals surface area contributed by atoms with E-state index in [9.17, 15) is 4.79 Å². The van der Waals surface area contributed by atoms with E-state index in [4.69, 9.17) is 14.7 Å². The lowest BCUT2D eigenvalue weighted by Gasteiger charge is -2.15. The molecular formula is C15H17N5O3S. The number of nitrogens with two attached hydrogens (primary N) is 1. The van der Waals surface area contributed by atoms with Crippen molar-refractivity contribution in [3.63, 3.8) is 0 Å². The van der Waals surface area contributed by atoms with Gasteiger partial charge in [-0.25, -0.2) is 4.68 Å². The van der Waals surface area contributed by atoms with Crippen molar-refractivity contribution in [3.8, 4) is 11.4 Å². The fraction of sp³-hybridized carbons (Fsp3) is 0.267. The van der Waals surface area contributed by atoms with E-state index in [1.807, 2.05) is 13.0 Å². The van der Waals surface area contributed by atoms with Crippen molar-refractivity contribution in [3.05, 3.63) is 42.2 Å². The van der Waals surface area contributed by atoms with Crippen LogP contribution in [0.5, 0.6) is 0 Å². The van der Waals surface area contributed by atoms with Gasteiger partial charge in [0.15, 0.2) is 5.82 Å². The highest BCUT2D eigenvalue weighted by Crippen LogP contribution is 2.25. The highest BCUT2D eigenvalue weighted by atomic mass is 32.2. The minimum Gasteiger partial charge on any atom is -0.469 e. The molecule has 0 radical (unpaired) electrons. The zero-order valence-electron chi connectivity index (χ0n) is 13.3. The van der Waals surface area contributed by atoms with Crippen LogP contribution in [0.15, 0.2) is 44.7 Å². The summed E-state index contributed by atoms with van der Waals surface area (Å²) >= 11 is 1.23. The van der Waals surface area contributed by atoms with Crippen LogP contribution in [-0.4, -0.2) is 38.5 Å². The number of hydrogen-bond acceptors (Lipinski definition) is 7. The average molecular weight is 347 g/mol. The third-order valence-corrected chi connectivity index (χ3v) is 4.42. The molecule has 1 amide bonds. The van der Waals surface area contributed by atoms with Crippen LogP contribution in [-0.2, 0) is 11.3 Å². The quantitative estimate of drug-likeness (QED) is 0.536. The minimum atomic E-state index is -0.0551. The maximum atomic E-state index is 12.2. The smallest absolute Gasteiger partial charge is 0.233 e. The number of thioether (sulfide) groups is 1. The molecule has 126 valence electrons. The summed E-state index contributed by atoms with van der Waals surface area (Å²) in [5, 5.41) is 8.57. The largest absolute Gasteiger partial charge is 0.469 e. The molecule has 0 aliphatic carbocycles. The Morgan fingerprint density at radius 2 is 2.17 bits per heavy atom. The molecule has 0 unspecified atom stereocenters. The number of aryl methyl sites for hydroxylation is 1. The highest BCUT2D eigenvalue weighted by Gasteiger charge is 2.18. The lowest BCUT2D eigenvalue weighted by Crippen LogP contribution is -2.27. The van der Waals surface area contributed by atoms with Gasteiger partial charge in [0.25, 0.3) is 0 Å². The summed E-state index contributed by atoms with van der Waals surface area (Å²) in [5.74, 6) is 8.12. The Morgan fingerprint density at radius 3 is 2.83 bits per heavy atom. The molecule has 0 fully saturated rings. The molecule has 0 aromatic carbocycles. The third-order valence-electron chi connectivity index (χ3n) is 3.49. The molecule has 0 aliphatic heterocycles. The first kappa shape index (κ1) is 16.2. The molecule has 8 nitrogen and oxygen atoms in total. The highest BCUT2D eigenvalue weighted by molar-refractivity contribution is 7.99. The zero-order valence-corrected chi connectivity index (χ0v) is 14.1. The van der Waals surface area contributed by atoms with Crippen LogP contribution in [0.1, 0.15) is 11.5 Å². The molecule has 0 spiro atoms. The lowest BCUT2D eigenvalue weighted by atomic mass is 10.2. The normalized spacial score (nSPS) is 10.9. The van der Waals surface area contributed by atoms with E-state index in [0.29, 0.717) is 23.3 Å². The molecule has 0 bridgehead atoms. The van der Waals surface area contributed by atoms with Crippen LogP contribution in [0.2, 0.25) is 0 Å². The number of nitrogen functional groups attached to an aromatic ring is 1. The Hall–Kier alpha value is -2.68. The van der Waals surface area contributed by atoms with Crippen LogP contribution < -0.4 is 5.84 Å². The Morgan fingerprint density at radius 1 is 1.33 bits per heavy atom. The van der Waals surface area contributed by atoms with E-state index >= 15 is 0 Å². The molecule has 0 aliphatic rings. The van der Waals surface area contributed by atoms with E-state index in [2.05, 4.69) is 10.2 Å². The van der Waals surface area contributed by atoms with E-state index in [1.54, 1.807) is 36.6 Å². The van der Waals surface area contributed by atoms with Crippen LogP contribution in [0.25, 0.3) is 11.4 Å². The van der Waals surface area contributed by atoms with Gasteiger partial charge in [-0.2, -0.15) is 0 Å². The van der Waals surface area contributed by atoms with Gasteiger partial charge in [0.2, 0.25) is 11.1 Å². The van der Waals surface area contributed by atoms with Crippen LogP contribution >= 0.6 is 11.8 Å². The number of nitrogens with zero attached hydrogens (tertiary/aromatic N) is 4. The van der Waals surface area contributed by atoms with Gasteiger partial charge < -0.3 is 19.6 Å². The zero-order chi connectivity index (χ0) is 17.1. The van der Waals surface area contributed by atoms with Gasteiger partial charge in [-0.15, -0.1) is 10.2 Å². The molecule has 0 saturated heterocycles. The fourth-order valence-corrected chi connectivity index (χ4v) is 2.93. The second-order valence-corrected chi connectivity index (χ2v) is 6.13. The number of hydrogen-bond donors (Lipinski definition) is 1. The summed E-state index contributed by atoms with van der Waals surface area (Å²) in [5.41, 5.74) is 0.776. The van der Waals surface area contributed by atoms with Gasteiger partial charge in [0.1, 0.15) is 11.5 Å². The van der Waals surface area contributed by atoms with E-state index in [0.717, 1.165) is 11.3 Å². The molecule has 3 heterocycles. The third kappa shape index (κ3) is 3.30. The Balaban J connectivity index is 1.62. The van der Waals surface area contributed by atoms with E-state index < -0.39 is 0 Å². The molecule has 0 saturated carbocycles.